The normalized spacial score (nSPS) is 10.6. The van der Waals surface area contributed by atoms with Gasteiger partial charge in [0.05, 0.1) is 0 Å². The first-order chi connectivity index (χ1) is 6.38. The van der Waals surface area contributed by atoms with Crippen LogP contribution < -0.4 is 0 Å². The first-order valence-electron chi connectivity index (χ1n) is 5.17. The van der Waals surface area contributed by atoms with E-state index in [1.807, 2.05) is 6.20 Å². The third-order valence-corrected chi connectivity index (χ3v) is 2.20. The van der Waals surface area contributed by atoms with Crippen LogP contribution in [-0.2, 0) is 13.0 Å². The highest BCUT2D eigenvalue weighted by Gasteiger charge is 2.00. The quantitative estimate of drug-likeness (QED) is 0.656. The molecule has 0 spiro atoms. The Morgan fingerprint density at radius 2 is 2.31 bits per heavy atom. The van der Waals surface area contributed by atoms with Crippen LogP contribution in [0.15, 0.2) is 12.4 Å². The molecule has 0 aliphatic heterocycles. The number of hydrogen-bond donors (Lipinski definition) is 0. The molecule has 0 N–H and O–H groups in total. The molecule has 0 fully saturated rings. The van der Waals surface area contributed by atoms with Crippen molar-refractivity contribution in [1.29, 1.82) is 0 Å². The Bertz CT molecular complexity index is 205. The number of aryl methyl sites for hydroxylation is 2. The Labute approximate surface area is 81.0 Å². The van der Waals surface area contributed by atoms with Gasteiger partial charge in [-0.2, -0.15) is 0 Å². The molecule has 0 saturated carbocycles. The van der Waals surface area contributed by atoms with Gasteiger partial charge in [-0.05, 0) is 12.8 Å². The number of rotatable bonds is 6. The van der Waals surface area contributed by atoms with Crippen LogP contribution in [0.25, 0.3) is 0 Å². The van der Waals surface area contributed by atoms with Crippen LogP contribution in [0.1, 0.15) is 38.4 Å². The average molecular weight is 179 g/mol. The summed E-state index contributed by atoms with van der Waals surface area (Å²) in [6.45, 7) is 7.17. The Morgan fingerprint density at radius 3 is 3.00 bits per heavy atom. The van der Waals surface area contributed by atoms with Crippen LogP contribution >= 0.6 is 0 Å². The summed E-state index contributed by atoms with van der Waals surface area (Å²) in [5, 5.41) is 0. The van der Waals surface area contributed by atoms with Gasteiger partial charge in [0.25, 0.3) is 0 Å². The van der Waals surface area contributed by atoms with E-state index in [0.29, 0.717) is 0 Å². The molecule has 0 bridgehead atoms. The summed E-state index contributed by atoms with van der Waals surface area (Å²) in [7, 11) is 0. The van der Waals surface area contributed by atoms with Crippen molar-refractivity contribution in [2.24, 2.45) is 0 Å². The molecule has 1 aromatic heterocycles. The van der Waals surface area contributed by atoms with Gasteiger partial charge >= 0.3 is 0 Å². The van der Waals surface area contributed by atoms with Gasteiger partial charge in [0.15, 0.2) is 0 Å². The van der Waals surface area contributed by atoms with Gasteiger partial charge in [-0.15, -0.1) is 0 Å². The van der Waals surface area contributed by atoms with Gasteiger partial charge in [-0.25, -0.2) is 4.98 Å². The van der Waals surface area contributed by atoms with E-state index in [0.717, 1.165) is 25.8 Å². The predicted octanol–water partition coefficient (Wildman–Crippen LogP) is 2.84. The third-order valence-electron chi connectivity index (χ3n) is 2.20. The fraction of sp³-hybridized carbons (Fsp3) is 0.636. The maximum absolute atomic E-state index is 4.34. The van der Waals surface area contributed by atoms with E-state index in [4.69, 9.17) is 0 Å². The number of unbranched alkanes of at least 4 members (excludes halogenated alkanes) is 2. The molecule has 1 heterocycles. The number of aromatic nitrogens is 2. The molecule has 1 radical (unpaired) electrons. The highest BCUT2D eigenvalue weighted by Crippen LogP contribution is 2.04. The standard InChI is InChI=1S/C11H19N2/c1-3-5-7-11-12-8-10-13(11)9-6-4-2/h8,10H,1,3-7,9H2,2H3. The van der Waals surface area contributed by atoms with Crippen molar-refractivity contribution in [1.82, 2.24) is 9.55 Å². The Morgan fingerprint density at radius 1 is 1.46 bits per heavy atom. The zero-order chi connectivity index (χ0) is 9.52. The lowest BCUT2D eigenvalue weighted by Gasteiger charge is -2.05. The molecule has 13 heavy (non-hydrogen) atoms. The van der Waals surface area contributed by atoms with Crippen molar-refractivity contribution in [2.75, 3.05) is 0 Å². The first kappa shape index (κ1) is 10.3. The molecule has 1 rings (SSSR count). The minimum absolute atomic E-state index is 1.00. The number of hydrogen-bond acceptors (Lipinski definition) is 1. The van der Waals surface area contributed by atoms with Gasteiger partial charge in [0, 0.05) is 25.4 Å². The summed E-state index contributed by atoms with van der Waals surface area (Å²) in [4.78, 5) is 4.34. The van der Waals surface area contributed by atoms with Crippen molar-refractivity contribution >= 4 is 0 Å². The summed E-state index contributed by atoms with van der Waals surface area (Å²) in [5.41, 5.74) is 0. The van der Waals surface area contributed by atoms with E-state index in [1.54, 1.807) is 0 Å². The summed E-state index contributed by atoms with van der Waals surface area (Å²) in [5.74, 6) is 1.22. The maximum Gasteiger partial charge on any atom is 0.108 e. The van der Waals surface area contributed by atoms with Crippen LogP contribution in [0.3, 0.4) is 0 Å². The smallest absolute Gasteiger partial charge is 0.108 e. The summed E-state index contributed by atoms with van der Waals surface area (Å²) in [6.07, 6.45) is 9.67. The van der Waals surface area contributed by atoms with E-state index >= 15 is 0 Å². The summed E-state index contributed by atoms with van der Waals surface area (Å²) >= 11 is 0. The summed E-state index contributed by atoms with van der Waals surface area (Å²) in [6, 6.07) is 0. The monoisotopic (exact) mass is 179 g/mol. The maximum atomic E-state index is 4.34. The van der Waals surface area contributed by atoms with Crippen molar-refractivity contribution in [3.05, 3.63) is 25.1 Å². The lowest BCUT2D eigenvalue weighted by atomic mass is 10.2. The van der Waals surface area contributed by atoms with Crippen LogP contribution in [0, 0.1) is 6.92 Å². The Balaban J connectivity index is 2.45. The van der Waals surface area contributed by atoms with E-state index in [2.05, 4.69) is 29.6 Å². The largest absolute Gasteiger partial charge is 0.335 e. The molecule has 2 nitrogen and oxygen atoms in total. The highest BCUT2D eigenvalue weighted by molar-refractivity contribution is 4.92. The number of imidazole rings is 1. The van der Waals surface area contributed by atoms with Crippen LogP contribution in [0.2, 0.25) is 0 Å². The molecule has 0 aliphatic carbocycles. The zero-order valence-electron chi connectivity index (χ0n) is 8.50. The molecule has 0 aromatic carbocycles. The second-order valence-electron chi connectivity index (χ2n) is 3.35. The van der Waals surface area contributed by atoms with Crippen molar-refractivity contribution < 1.29 is 0 Å². The molecule has 0 saturated heterocycles. The fourth-order valence-corrected chi connectivity index (χ4v) is 1.38. The van der Waals surface area contributed by atoms with Crippen LogP contribution in [-0.4, -0.2) is 9.55 Å². The second-order valence-corrected chi connectivity index (χ2v) is 3.35. The molecule has 1 aromatic rings. The SMILES string of the molecule is [CH2]CCCc1nccn1CCCC. The molecule has 0 amide bonds. The first-order valence-corrected chi connectivity index (χ1v) is 5.17. The lowest BCUT2D eigenvalue weighted by molar-refractivity contribution is 0.594. The van der Waals surface area contributed by atoms with Crippen LogP contribution in [0.5, 0.6) is 0 Å². The topological polar surface area (TPSA) is 17.8 Å². The molecular formula is C11H19N2. The fourth-order valence-electron chi connectivity index (χ4n) is 1.38. The van der Waals surface area contributed by atoms with Crippen LogP contribution in [0.4, 0.5) is 0 Å². The lowest BCUT2D eigenvalue weighted by Crippen LogP contribution is -2.02. The van der Waals surface area contributed by atoms with E-state index in [9.17, 15) is 0 Å². The van der Waals surface area contributed by atoms with E-state index < -0.39 is 0 Å². The van der Waals surface area contributed by atoms with Crippen molar-refractivity contribution in [3.63, 3.8) is 0 Å². The molecule has 0 unspecified atom stereocenters. The molecule has 0 aliphatic rings. The Hall–Kier alpha value is -0.790. The van der Waals surface area contributed by atoms with Gasteiger partial charge in [-0.1, -0.05) is 26.7 Å². The second kappa shape index (κ2) is 5.79. The number of nitrogens with zero attached hydrogens (tertiary/aromatic N) is 2. The van der Waals surface area contributed by atoms with Gasteiger partial charge < -0.3 is 4.57 Å². The molecular weight excluding hydrogens is 160 g/mol. The van der Waals surface area contributed by atoms with Crippen molar-refractivity contribution in [2.45, 2.75) is 45.6 Å². The summed E-state index contributed by atoms with van der Waals surface area (Å²) < 4.78 is 2.26. The third kappa shape index (κ3) is 3.21. The van der Waals surface area contributed by atoms with Gasteiger partial charge in [0.1, 0.15) is 5.82 Å². The minimum atomic E-state index is 1.00. The average Bonchev–Trinajstić information content (AvgIpc) is 2.59. The molecule has 2 heteroatoms. The molecule has 0 atom stereocenters. The highest BCUT2D eigenvalue weighted by atomic mass is 15.1. The minimum Gasteiger partial charge on any atom is -0.335 e. The van der Waals surface area contributed by atoms with Gasteiger partial charge in [0.2, 0.25) is 0 Å². The van der Waals surface area contributed by atoms with E-state index in [1.165, 1.54) is 18.7 Å². The van der Waals surface area contributed by atoms with Crippen molar-refractivity contribution in [3.8, 4) is 0 Å². The molecule has 73 valence electrons. The van der Waals surface area contributed by atoms with E-state index in [-0.39, 0.29) is 0 Å². The predicted molar refractivity (Wildman–Crippen MR) is 55.4 cm³/mol. The Kier molecular flexibility index (Phi) is 4.58. The zero-order valence-corrected chi connectivity index (χ0v) is 8.50. The van der Waals surface area contributed by atoms with Gasteiger partial charge in [-0.3, -0.25) is 0 Å².